The van der Waals surface area contributed by atoms with Gasteiger partial charge in [-0.1, -0.05) is 27.7 Å². The Morgan fingerprint density at radius 2 is 1.44 bits per heavy atom. The van der Waals surface area contributed by atoms with Crippen LogP contribution in [-0.2, 0) is 4.79 Å². The van der Waals surface area contributed by atoms with Crippen molar-refractivity contribution in [2.24, 2.45) is 10.8 Å². The fraction of sp³-hybridized carbons (Fsp3) is 0.917. The number of carbonyl (C=O) groups is 1. The Hall–Kier alpha value is -0.510. The zero-order valence-electron chi connectivity index (χ0n) is 10.3. The molecule has 1 saturated carbocycles. The Morgan fingerprint density at radius 1 is 1.06 bits per heavy atom. The van der Waals surface area contributed by atoms with Gasteiger partial charge >= 0.3 is 5.92 Å². The minimum Gasteiger partial charge on any atom is -0.383 e. The van der Waals surface area contributed by atoms with Crippen molar-refractivity contribution in [2.45, 2.75) is 58.5 Å². The number of hydrogen-bond acceptors (Lipinski definition) is 2. The van der Waals surface area contributed by atoms with Crippen LogP contribution in [0.5, 0.6) is 0 Å². The molecule has 0 radical (unpaired) electrons. The van der Waals surface area contributed by atoms with E-state index in [1.54, 1.807) is 0 Å². The van der Waals surface area contributed by atoms with E-state index in [2.05, 4.69) is 0 Å². The van der Waals surface area contributed by atoms with Gasteiger partial charge in [-0.3, -0.25) is 4.79 Å². The number of hydrogen-bond donors (Lipinski definition) is 1. The first kappa shape index (κ1) is 13.6. The molecule has 1 N–H and O–H groups in total. The maximum atomic E-state index is 13.5. The summed E-state index contributed by atoms with van der Waals surface area (Å²) in [5.41, 5.74) is -2.98. The molecule has 1 aliphatic rings. The standard InChI is InChI=1S/C12H20F2O2/c1-9(2)5-10(3,4)7-11(16,6-9)12(13,14)8-15/h8,16H,5-7H2,1-4H3. The van der Waals surface area contributed by atoms with Gasteiger partial charge in [0, 0.05) is 0 Å². The Bertz CT molecular complexity index is 279. The molecule has 2 nitrogen and oxygen atoms in total. The van der Waals surface area contributed by atoms with Gasteiger partial charge in [0.15, 0.2) is 6.29 Å². The van der Waals surface area contributed by atoms with Crippen molar-refractivity contribution < 1.29 is 18.7 Å². The number of alkyl halides is 2. The summed E-state index contributed by atoms with van der Waals surface area (Å²) in [7, 11) is 0. The highest BCUT2D eigenvalue weighted by Gasteiger charge is 2.59. The maximum Gasteiger partial charge on any atom is 0.330 e. The third kappa shape index (κ3) is 2.42. The summed E-state index contributed by atoms with van der Waals surface area (Å²) in [6.45, 7) is 7.39. The van der Waals surface area contributed by atoms with Crippen molar-refractivity contribution in [3.63, 3.8) is 0 Å². The van der Waals surface area contributed by atoms with Crippen LogP contribution in [0.2, 0.25) is 0 Å². The molecule has 4 heteroatoms. The van der Waals surface area contributed by atoms with Gasteiger partial charge in [-0.25, -0.2) is 0 Å². The molecule has 0 bridgehead atoms. The van der Waals surface area contributed by atoms with Crippen molar-refractivity contribution in [2.75, 3.05) is 0 Å². The van der Waals surface area contributed by atoms with Crippen molar-refractivity contribution in [1.82, 2.24) is 0 Å². The van der Waals surface area contributed by atoms with E-state index in [0.717, 1.165) is 6.42 Å². The van der Waals surface area contributed by atoms with Gasteiger partial charge in [0.1, 0.15) is 5.60 Å². The number of rotatable bonds is 2. The molecule has 0 heterocycles. The quantitative estimate of drug-likeness (QED) is 0.746. The lowest BCUT2D eigenvalue weighted by Crippen LogP contribution is -2.57. The largest absolute Gasteiger partial charge is 0.383 e. The van der Waals surface area contributed by atoms with Gasteiger partial charge in [0.05, 0.1) is 0 Å². The Kier molecular flexibility index (Phi) is 2.96. The molecule has 0 aliphatic heterocycles. The Balaban J connectivity index is 3.10. The van der Waals surface area contributed by atoms with Crippen LogP contribution in [0.4, 0.5) is 8.78 Å². The molecule has 0 atom stereocenters. The summed E-state index contributed by atoms with van der Waals surface area (Å²) < 4.78 is 27.0. The second-order valence-corrected chi connectivity index (χ2v) is 6.63. The Morgan fingerprint density at radius 3 is 1.75 bits per heavy atom. The lowest BCUT2D eigenvalue weighted by atomic mass is 9.58. The highest BCUT2D eigenvalue weighted by Crippen LogP contribution is 2.54. The van der Waals surface area contributed by atoms with E-state index in [-0.39, 0.29) is 23.7 Å². The molecule has 94 valence electrons. The van der Waals surface area contributed by atoms with Crippen LogP contribution in [0.1, 0.15) is 47.0 Å². The Labute approximate surface area is 95.0 Å². The third-order valence-corrected chi connectivity index (χ3v) is 3.27. The van der Waals surface area contributed by atoms with E-state index in [1.807, 2.05) is 27.7 Å². The average Bonchev–Trinajstić information content (AvgIpc) is 1.96. The van der Waals surface area contributed by atoms with E-state index in [4.69, 9.17) is 0 Å². The fourth-order valence-corrected chi connectivity index (χ4v) is 3.41. The molecule has 0 aromatic heterocycles. The first-order chi connectivity index (χ1) is 6.93. The number of aldehydes is 1. The van der Waals surface area contributed by atoms with Crippen molar-refractivity contribution in [3.05, 3.63) is 0 Å². The fourth-order valence-electron chi connectivity index (χ4n) is 3.41. The molecule has 1 rings (SSSR count). The SMILES string of the molecule is CC1(C)CC(C)(C)CC(O)(C(F)(F)C=O)C1. The number of carbonyl (C=O) groups excluding carboxylic acids is 1. The van der Waals surface area contributed by atoms with Crippen LogP contribution >= 0.6 is 0 Å². The second-order valence-electron chi connectivity index (χ2n) is 6.63. The monoisotopic (exact) mass is 234 g/mol. The smallest absolute Gasteiger partial charge is 0.330 e. The van der Waals surface area contributed by atoms with Crippen LogP contribution in [0.25, 0.3) is 0 Å². The molecule has 0 saturated heterocycles. The summed E-state index contributed by atoms with van der Waals surface area (Å²) in [6.07, 6.45) is 0.242. The molecule has 0 amide bonds. The van der Waals surface area contributed by atoms with Crippen LogP contribution in [0.3, 0.4) is 0 Å². The van der Waals surface area contributed by atoms with Gasteiger partial charge < -0.3 is 5.11 Å². The van der Waals surface area contributed by atoms with Gasteiger partial charge in [-0.15, -0.1) is 0 Å². The summed E-state index contributed by atoms with van der Waals surface area (Å²) >= 11 is 0. The number of halogens is 2. The van der Waals surface area contributed by atoms with Gasteiger partial charge in [-0.05, 0) is 30.1 Å². The van der Waals surface area contributed by atoms with Crippen molar-refractivity contribution in [1.29, 1.82) is 0 Å². The van der Waals surface area contributed by atoms with Gasteiger partial charge in [-0.2, -0.15) is 8.78 Å². The van der Waals surface area contributed by atoms with E-state index < -0.39 is 17.8 Å². The van der Waals surface area contributed by atoms with E-state index >= 15 is 0 Å². The molecule has 0 spiro atoms. The topological polar surface area (TPSA) is 37.3 Å². The molecule has 0 aromatic carbocycles. The van der Waals surface area contributed by atoms with Crippen LogP contribution in [0, 0.1) is 10.8 Å². The summed E-state index contributed by atoms with van der Waals surface area (Å²) in [5.74, 6) is -3.66. The normalized spacial score (nSPS) is 27.4. The molecule has 0 aromatic rings. The summed E-state index contributed by atoms with van der Waals surface area (Å²) in [6, 6.07) is 0. The minimum atomic E-state index is -3.66. The molecule has 1 aliphatic carbocycles. The van der Waals surface area contributed by atoms with E-state index in [0.29, 0.717) is 0 Å². The van der Waals surface area contributed by atoms with Crippen molar-refractivity contribution >= 4 is 6.29 Å². The molecular weight excluding hydrogens is 214 g/mol. The first-order valence-electron chi connectivity index (χ1n) is 5.50. The van der Waals surface area contributed by atoms with Gasteiger partial charge in [0.25, 0.3) is 0 Å². The highest BCUT2D eigenvalue weighted by molar-refractivity contribution is 5.62. The van der Waals surface area contributed by atoms with Crippen molar-refractivity contribution in [3.8, 4) is 0 Å². The molecule has 16 heavy (non-hydrogen) atoms. The predicted molar refractivity (Wildman–Crippen MR) is 57.4 cm³/mol. The predicted octanol–water partition coefficient (Wildman–Crippen LogP) is 2.79. The van der Waals surface area contributed by atoms with Crippen LogP contribution in [-0.4, -0.2) is 22.9 Å². The zero-order valence-corrected chi connectivity index (χ0v) is 10.3. The molecular formula is C12H20F2O2. The van der Waals surface area contributed by atoms with E-state index in [1.165, 1.54) is 0 Å². The first-order valence-corrected chi connectivity index (χ1v) is 5.50. The highest BCUT2D eigenvalue weighted by atomic mass is 19.3. The third-order valence-electron chi connectivity index (χ3n) is 3.27. The zero-order chi connectivity index (χ0) is 12.8. The minimum absolute atomic E-state index is 0.0465. The van der Waals surface area contributed by atoms with E-state index in [9.17, 15) is 18.7 Å². The average molecular weight is 234 g/mol. The lowest BCUT2D eigenvalue weighted by molar-refractivity contribution is -0.215. The number of aliphatic hydroxyl groups is 1. The van der Waals surface area contributed by atoms with Crippen LogP contribution in [0.15, 0.2) is 0 Å². The lowest BCUT2D eigenvalue weighted by Gasteiger charge is -2.50. The van der Waals surface area contributed by atoms with Gasteiger partial charge in [0.2, 0.25) is 0 Å². The summed E-state index contributed by atoms with van der Waals surface area (Å²) in [5, 5.41) is 10.1. The molecule has 0 unspecified atom stereocenters. The van der Waals surface area contributed by atoms with Crippen LogP contribution < -0.4 is 0 Å². The summed E-state index contributed by atoms with van der Waals surface area (Å²) in [4.78, 5) is 10.4. The maximum absolute atomic E-state index is 13.5. The second kappa shape index (κ2) is 3.49. The molecule has 1 fully saturated rings.